The maximum Gasteiger partial charge on any atom is 0.255 e. The number of benzene rings is 2. The summed E-state index contributed by atoms with van der Waals surface area (Å²) in [6, 6.07) is 11.5. The molecular formula is C14H12BrClN2O3S. The molecule has 22 heavy (non-hydrogen) atoms. The Morgan fingerprint density at radius 3 is 2.36 bits per heavy atom. The predicted octanol–water partition coefficient (Wildman–Crippen LogP) is 3.73. The van der Waals surface area contributed by atoms with Crippen LogP contribution in [0.3, 0.4) is 0 Å². The lowest BCUT2D eigenvalue weighted by atomic mass is 10.2. The largest absolute Gasteiger partial charge is 0.322 e. The van der Waals surface area contributed by atoms with Crippen molar-refractivity contribution in [3.8, 4) is 0 Å². The lowest BCUT2D eigenvalue weighted by Crippen LogP contribution is -2.14. The summed E-state index contributed by atoms with van der Waals surface area (Å²) in [5.74, 6) is -0.365. The molecule has 0 saturated heterocycles. The van der Waals surface area contributed by atoms with Crippen LogP contribution in [0.5, 0.6) is 0 Å². The van der Waals surface area contributed by atoms with Crippen molar-refractivity contribution in [2.45, 2.75) is 0 Å². The number of nitrogens with one attached hydrogen (secondary N) is 2. The third kappa shape index (κ3) is 4.72. The first-order valence-corrected chi connectivity index (χ1v) is 9.15. The Kier molecular flexibility index (Phi) is 5.10. The number of carbonyl (C=O) groups is 1. The molecule has 116 valence electrons. The van der Waals surface area contributed by atoms with E-state index in [1.807, 2.05) is 0 Å². The molecule has 0 aliphatic heterocycles. The highest BCUT2D eigenvalue weighted by Crippen LogP contribution is 2.24. The number of sulfonamides is 1. The van der Waals surface area contributed by atoms with Crippen molar-refractivity contribution in [2.24, 2.45) is 0 Å². The van der Waals surface area contributed by atoms with E-state index in [1.54, 1.807) is 24.3 Å². The maximum absolute atomic E-state index is 12.2. The minimum Gasteiger partial charge on any atom is -0.322 e. The average molecular weight is 404 g/mol. The van der Waals surface area contributed by atoms with E-state index >= 15 is 0 Å². The van der Waals surface area contributed by atoms with Gasteiger partial charge in [-0.05, 0) is 42.5 Å². The van der Waals surface area contributed by atoms with E-state index in [4.69, 9.17) is 11.6 Å². The van der Waals surface area contributed by atoms with Crippen LogP contribution in [-0.2, 0) is 10.0 Å². The number of carbonyl (C=O) groups excluding carboxylic acids is 1. The van der Waals surface area contributed by atoms with Gasteiger partial charge in [-0.15, -0.1) is 0 Å². The van der Waals surface area contributed by atoms with Gasteiger partial charge in [0.25, 0.3) is 5.91 Å². The van der Waals surface area contributed by atoms with Gasteiger partial charge in [0, 0.05) is 15.7 Å². The smallest absolute Gasteiger partial charge is 0.255 e. The molecule has 1 amide bonds. The molecule has 0 atom stereocenters. The van der Waals surface area contributed by atoms with E-state index in [-0.39, 0.29) is 16.6 Å². The number of anilines is 2. The SMILES string of the molecule is CS(=O)(=O)Nc1cc(C(=O)Nc2ccc(Br)cc2)ccc1Cl. The molecular weight excluding hydrogens is 392 g/mol. The number of amides is 1. The Labute approximate surface area is 141 Å². The van der Waals surface area contributed by atoms with Crippen molar-refractivity contribution in [3.63, 3.8) is 0 Å². The van der Waals surface area contributed by atoms with E-state index in [0.29, 0.717) is 11.3 Å². The normalized spacial score (nSPS) is 11.0. The van der Waals surface area contributed by atoms with Gasteiger partial charge in [-0.1, -0.05) is 27.5 Å². The molecule has 2 aromatic carbocycles. The van der Waals surface area contributed by atoms with E-state index in [9.17, 15) is 13.2 Å². The fraction of sp³-hybridized carbons (Fsp3) is 0.0714. The molecule has 2 aromatic rings. The van der Waals surface area contributed by atoms with Gasteiger partial charge >= 0.3 is 0 Å². The molecule has 2 N–H and O–H groups in total. The third-order valence-corrected chi connectivity index (χ3v) is 4.07. The molecule has 0 spiro atoms. The lowest BCUT2D eigenvalue weighted by molar-refractivity contribution is 0.102. The highest BCUT2D eigenvalue weighted by molar-refractivity contribution is 9.10. The summed E-state index contributed by atoms with van der Waals surface area (Å²) in [4.78, 5) is 12.2. The summed E-state index contributed by atoms with van der Waals surface area (Å²) < 4.78 is 25.7. The van der Waals surface area contributed by atoms with Gasteiger partial charge in [0.2, 0.25) is 10.0 Å². The standard InChI is InChI=1S/C14H12BrClN2O3S/c1-22(20,21)18-13-8-9(2-7-12(13)16)14(19)17-11-5-3-10(15)4-6-11/h2-8,18H,1H3,(H,17,19). The molecule has 2 rings (SSSR count). The zero-order valence-electron chi connectivity index (χ0n) is 11.4. The van der Waals surface area contributed by atoms with Gasteiger partial charge in [0.05, 0.1) is 17.0 Å². The monoisotopic (exact) mass is 402 g/mol. The number of hydrogen-bond donors (Lipinski definition) is 2. The first kappa shape index (κ1) is 16.8. The number of hydrogen-bond acceptors (Lipinski definition) is 3. The topological polar surface area (TPSA) is 75.3 Å². The van der Waals surface area contributed by atoms with Gasteiger partial charge in [0.15, 0.2) is 0 Å². The Morgan fingerprint density at radius 2 is 1.77 bits per heavy atom. The highest BCUT2D eigenvalue weighted by atomic mass is 79.9. The van der Waals surface area contributed by atoms with Crippen molar-refractivity contribution in [1.82, 2.24) is 0 Å². The van der Waals surface area contributed by atoms with Crippen LogP contribution in [0.15, 0.2) is 46.9 Å². The molecule has 0 unspecified atom stereocenters. The van der Waals surface area contributed by atoms with Crippen LogP contribution in [0.1, 0.15) is 10.4 Å². The predicted molar refractivity (Wildman–Crippen MR) is 92.0 cm³/mol. The Morgan fingerprint density at radius 1 is 1.14 bits per heavy atom. The third-order valence-electron chi connectivity index (χ3n) is 2.63. The van der Waals surface area contributed by atoms with E-state index in [2.05, 4.69) is 26.0 Å². The molecule has 0 fully saturated rings. The molecule has 5 nitrogen and oxygen atoms in total. The molecule has 0 aliphatic carbocycles. The summed E-state index contributed by atoms with van der Waals surface area (Å²) in [6.45, 7) is 0. The van der Waals surface area contributed by atoms with Crippen LogP contribution in [-0.4, -0.2) is 20.6 Å². The average Bonchev–Trinajstić information content (AvgIpc) is 2.42. The van der Waals surface area contributed by atoms with Gasteiger partial charge in [-0.2, -0.15) is 0 Å². The molecule has 0 saturated carbocycles. The fourth-order valence-electron chi connectivity index (χ4n) is 1.68. The van der Waals surface area contributed by atoms with Crippen LogP contribution < -0.4 is 10.0 Å². The second-order valence-electron chi connectivity index (χ2n) is 4.53. The molecule has 0 bridgehead atoms. The number of halogens is 2. The molecule has 0 heterocycles. The van der Waals surface area contributed by atoms with Gasteiger partial charge in [0.1, 0.15) is 0 Å². The number of rotatable bonds is 4. The van der Waals surface area contributed by atoms with Crippen molar-refractivity contribution in [2.75, 3.05) is 16.3 Å². The van der Waals surface area contributed by atoms with Crippen LogP contribution in [0.4, 0.5) is 11.4 Å². The van der Waals surface area contributed by atoms with Crippen LogP contribution >= 0.6 is 27.5 Å². The van der Waals surface area contributed by atoms with Gasteiger partial charge in [-0.3, -0.25) is 9.52 Å². The van der Waals surface area contributed by atoms with Crippen molar-refractivity contribution >= 4 is 54.8 Å². The van der Waals surface area contributed by atoms with Crippen molar-refractivity contribution < 1.29 is 13.2 Å². The summed E-state index contributed by atoms with van der Waals surface area (Å²) in [7, 11) is -3.48. The first-order valence-electron chi connectivity index (χ1n) is 6.09. The minimum atomic E-state index is -3.48. The minimum absolute atomic E-state index is 0.160. The van der Waals surface area contributed by atoms with E-state index < -0.39 is 10.0 Å². The molecule has 0 radical (unpaired) electrons. The summed E-state index contributed by atoms with van der Waals surface area (Å²) in [6.07, 6.45) is 1.01. The van der Waals surface area contributed by atoms with E-state index in [0.717, 1.165) is 10.7 Å². The van der Waals surface area contributed by atoms with Gasteiger partial charge in [-0.25, -0.2) is 8.42 Å². The molecule has 0 aromatic heterocycles. The van der Waals surface area contributed by atoms with Crippen molar-refractivity contribution in [1.29, 1.82) is 0 Å². The first-order chi connectivity index (χ1) is 10.2. The second kappa shape index (κ2) is 6.68. The van der Waals surface area contributed by atoms with Crippen LogP contribution in [0, 0.1) is 0 Å². The molecule has 8 heteroatoms. The summed E-state index contributed by atoms with van der Waals surface area (Å²) in [5.41, 5.74) is 1.08. The summed E-state index contributed by atoms with van der Waals surface area (Å²) >= 11 is 9.23. The second-order valence-corrected chi connectivity index (χ2v) is 7.60. The Hall–Kier alpha value is -1.57. The van der Waals surface area contributed by atoms with Crippen molar-refractivity contribution in [3.05, 3.63) is 57.5 Å². The maximum atomic E-state index is 12.2. The molecule has 0 aliphatic rings. The van der Waals surface area contributed by atoms with Crippen LogP contribution in [0.2, 0.25) is 5.02 Å². The Bertz CT molecular complexity index is 807. The summed E-state index contributed by atoms with van der Waals surface area (Å²) in [5, 5.41) is 2.93. The lowest BCUT2D eigenvalue weighted by Gasteiger charge is -2.09. The zero-order chi connectivity index (χ0) is 16.3. The quantitative estimate of drug-likeness (QED) is 0.817. The Balaban J connectivity index is 2.23. The van der Waals surface area contributed by atoms with Gasteiger partial charge < -0.3 is 5.32 Å². The zero-order valence-corrected chi connectivity index (χ0v) is 14.6. The highest BCUT2D eigenvalue weighted by Gasteiger charge is 2.12. The van der Waals surface area contributed by atoms with Crippen LogP contribution in [0.25, 0.3) is 0 Å². The fourth-order valence-corrected chi connectivity index (χ4v) is 2.73. The van der Waals surface area contributed by atoms with E-state index in [1.165, 1.54) is 18.2 Å².